The van der Waals surface area contributed by atoms with Crippen molar-refractivity contribution in [3.8, 4) is 0 Å². The van der Waals surface area contributed by atoms with Gasteiger partial charge in [0.05, 0.1) is 6.61 Å². The minimum absolute atomic E-state index is 1.45. The monoisotopic (exact) mass is 368 g/mol. The highest BCUT2D eigenvalue weighted by Crippen LogP contribution is 2.58. The van der Waals surface area contributed by atoms with Gasteiger partial charge in [-0.2, -0.15) is 39.5 Å². The lowest BCUT2D eigenvalue weighted by molar-refractivity contribution is -0.428. The van der Waals surface area contributed by atoms with E-state index in [1.165, 1.54) is 0 Å². The van der Waals surface area contributed by atoms with Gasteiger partial charge in [-0.15, -0.1) is 0 Å². The molecular formula is C9H9F9O5. The fraction of sp³-hybridized carbons (Fsp3) is 1.00. The van der Waals surface area contributed by atoms with E-state index < -0.39 is 54.6 Å². The van der Waals surface area contributed by atoms with E-state index >= 15 is 0 Å². The largest absolute Gasteiger partial charge is 0.460 e. The number of aliphatic hydroxyl groups is 4. The van der Waals surface area contributed by atoms with Crippen molar-refractivity contribution in [2.45, 2.75) is 48.0 Å². The summed E-state index contributed by atoms with van der Waals surface area (Å²) in [5.74, 6) is -21.3. The van der Waals surface area contributed by atoms with Crippen LogP contribution in [0.3, 0.4) is 0 Å². The van der Waals surface area contributed by atoms with Crippen LogP contribution in [0.15, 0.2) is 0 Å². The Bertz CT molecular complexity index is 453. The quantitative estimate of drug-likeness (QED) is 0.535. The van der Waals surface area contributed by atoms with Gasteiger partial charge < -0.3 is 25.2 Å². The standard InChI is InChI=1S/C9H9F9O5/c10-6(11,7(12,13)8(14,15)9(16,17)18)5(22)3(20)2(1-19)23-4(5)21/h2-4,19-22H,1H2. The van der Waals surface area contributed by atoms with Crippen molar-refractivity contribution in [1.82, 2.24) is 0 Å². The molecule has 1 aliphatic heterocycles. The number of hydrogen-bond acceptors (Lipinski definition) is 5. The number of hydrogen-bond donors (Lipinski definition) is 4. The molecule has 1 aliphatic rings. The molecule has 0 amide bonds. The van der Waals surface area contributed by atoms with Crippen LogP contribution in [0.25, 0.3) is 0 Å². The molecule has 1 saturated heterocycles. The van der Waals surface area contributed by atoms with Gasteiger partial charge in [-0.05, 0) is 0 Å². The lowest BCUT2D eigenvalue weighted by atomic mass is 9.82. The van der Waals surface area contributed by atoms with Crippen molar-refractivity contribution in [3.05, 3.63) is 0 Å². The normalized spacial score (nSPS) is 34.0. The molecule has 1 heterocycles. The molecule has 0 aliphatic carbocycles. The summed E-state index contributed by atoms with van der Waals surface area (Å²) in [6, 6.07) is 0. The number of aliphatic hydroxyl groups excluding tert-OH is 3. The molecule has 0 spiro atoms. The molecule has 4 unspecified atom stereocenters. The van der Waals surface area contributed by atoms with Crippen molar-refractivity contribution < 1.29 is 64.7 Å². The van der Waals surface area contributed by atoms with E-state index in [4.69, 9.17) is 10.2 Å². The molecular weight excluding hydrogens is 359 g/mol. The molecule has 23 heavy (non-hydrogen) atoms. The van der Waals surface area contributed by atoms with Gasteiger partial charge in [0, 0.05) is 0 Å². The second-order valence-corrected chi connectivity index (χ2v) is 4.70. The van der Waals surface area contributed by atoms with E-state index in [1.807, 2.05) is 0 Å². The van der Waals surface area contributed by atoms with Crippen LogP contribution >= 0.6 is 0 Å². The van der Waals surface area contributed by atoms with Crippen LogP contribution in [-0.4, -0.2) is 75.1 Å². The van der Waals surface area contributed by atoms with Crippen LogP contribution in [0.1, 0.15) is 0 Å². The maximum absolute atomic E-state index is 13.7. The third kappa shape index (κ3) is 2.38. The van der Waals surface area contributed by atoms with Gasteiger partial charge in [-0.1, -0.05) is 0 Å². The lowest BCUT2D eigenvalue weighted by Crippen LogP contribution is -2.73. The Morgan fingerprint density at radius 3 is 1.61 bits per heavy atom. The van der Waals surface area contributed by atoms with Crippen LogP contribution < -0.4 is 0 Å². The molecule has 4 N–H and O–H groups in total. The van der Waals surface area contributed by atoms with Gasteiger partial charge >= 0.3 is 23.9 Å². The average Bonchev–Trinajstić information content (AvgIpc) is 2.62. The van der Waals surface area contributed by atoms with Gasteiger partial charge in [0.2, 0.25) is 5.60 Å². The van der Waals surface area contributed by atoms with E-state index in [0.29, 0.717) is 0 Å². The Balaban J connectivity index is 3.45. The molecule has 0 radical (unpaired) electrons. The first kappa shape index (κ1) is 20.2. The van der Waals surface area contributed by atoms with E-state index in [0.717, 1.165) is 0 Å². The Morgan fingerprint density at radius 2 is 1.30 bits per heavy atom. The fourth-order valence-corrected chi connectivity index (χ4v) is 1.88. The molecule has 14 heteroatoms. The van der Waals surface area contributed by atoms with E-state index in [1.54, 1.807) is 0 Å². The van der Waals surface area contributed by atoms with Crippen LogP contribution in [0.5, 0.6) is 0 Å². The third-order valence-electron chi connectivity index (χ3n) is 3.31. The van der Waals surface area contributed by atoms with Gasteiger partial charge in [0.15, 0.2) is 6.29 Å². The first-order valence-electron chi connectivity index (χ1n) is 5.55. The molecule has 0 aromatic carbocycles. The summed E-state index contributed by atoms with van der Waals surface area (Å²) in [5, 5.41) is 36.1. The summed E-state index contributed by atoms with van der Waals surface area (Å²) in [5.41, 5.74) is -4.95. The van der Waals surface area contributed by atoms with Crippen molar-refractivity contribution in [1.29, 1.82) is 0 Å². The second-order valence-electron chi connectivity index (χ2n) is 4.70. The molecule has 5 nitrogen and oxygen atoms in total. The maximum atomic E-state index is 13.7. The molecule has 138 valence electrons. The molecule has 0 bridgehead atoms. The van der Waals surface area contributed by atoms with Crippen molar-refractivity contribution in [2.24, 2.45) is 0 Å². The minimum Gasteiger partial charge on any atom is -0.394 e. The maximum Gasteiger partial charge on any atom is 0.460 e. The van der Waals surface area contributed by atoms with E-state index in [-0.39, 0.29) is 0 Å². The summed E-state index contributed by atoms with van der Waals surface area (Å²) < 4.78 is 119. The Labute approximate surface area is 120 Å². The Morgan fingerprint density at radius 1 is 0.870 bits per heavy atom. The fourth-order valence-electron chi connectivity index (χ4n) is 1.88. The molecule has 1 rings (SSSR count). The zero-order chi connectivity index (χ0) is 18.6. The number of ether oxygens (including phenoxy) is 1. The topological polar surface area (TPSA) is 90.2 Å². The van der Waals surface area contributed by atoms with Crippen LogP contribution in [0, 0.1) is 0 Å². The summed E-state index contributed by atoms with van der Waals surface area (Å²) >= 11 is 0. The summed E-state index contributed by atoms with van der Waals surface area (Å²) in [4.78, 5) is 0. The highest BCUT2D eigenvalue weighted by atomic mass is 19.4. The molecule has 0 aromatic heterocycles. The Kier molecular flexibility index (Phi) is 4.69. The van der Waals surface area contributed by atoms with Crippen molar-refractivity contribution in [2.75, 3.05) is 6.61 Å². The van der Waals surface area contributed by atoms with Crippen LogP contribution in [0.4, 0.5) is 39.5 Å². The van der Waals surface area contributed by atoms with Gasteiger partial charge in [-0.3, -0.25) is 0 Å². The zero-order valence-electron chi connectivity index (χ0n) is 10.5. The van der Waals surface area contributed by atoms with Gasteiger partial charge in [-0.25, -0.2) is 0 Å². The number of alkyl halides is 9. The smallest absolute Gasteiger partial charge is 0.394 e. The number of halogens is 9. The summed E-state index contributed by atoms with van der Waals surface area (Å²) in [6.45, 7) is -1.45. The van der Waals surface area contributed by atoms with E-state index in [2.05, 4.69) is 4.74 Å². The van der Waals surface area contributed by atoms with Crippen LogP contribution in [0.2, 0.25) is 0 Å². The highest BCUT2D eigenvalue weighted by Gasteiger charge is 2.88. The second kappa shape index (κ2) is 5.34. The van der Waals surface area contributed by atoms with Gasteiger partial charge in [0.1, 0.15) is 12.2 Å². The summed E-state index contributed by atoms with van der Waals surface area (Å²) in [7, 11) is 0. The predicted molar refractivity (Wildman–Crippen MR) is 49.8 cm³/mol. The molecule has 1 fully saturated rings. The van der Waals surface area contributed by atoms with Gasteiger partial charge in [0.25, 0.3) is 0 Å². The lowest BCUT2D eigenvalue weighted by Gasteiger charge is -2.42. The minimum atomic E-state index is -7.32. The van der Waals surface area contributed by atoms with Crippen molar-refractivity contribution in [3.63, 3.8) is 0 Å². The molecule has 0 saturated carbocycles. The highest BCUT2D eigenvalue weighted by molar-refractivity contribution is 5.16. The van der Waals surface area contributed by atoms with E-state index in [9.17, 15) is 49.7 Å². The zero-order valence-corrected chi connectivity index (χ0v) is 10.5. The average molecular weight is 368 g/mol. The Hall–Kier alpha value is -0.830. The first-order valence-corrected chi connectivity index (χ1v) is 5.55. The third-order valence-corrected chi connectivity index (χ3v) is 3.31. The molecule has 4 atom stereocenters. The molecule has 0 aromatic rings. The predicted octanol–water partition coefficient (Wildman–Crippen LogP) is 0.256. The number of rotatable bonds is 4. The summed E-state index contributed by atoms with van der Waals surface area (Å²) in [6.07, 6.45) is -16.3. The van der Waals surface area contributed by atoms with Crippen molar-refractivity contribution >= 4 is 0 Å². The SMILES string of the molecule is OCC1OC(O)C(O)(C(F)(F)C(F)(F)C(F)(F)C(F)(F)F)C1O. The van der Waals surface area contributed by atoms with Crippen LogP contribution in [-0.2, 0) is 4.74 Å². The first-order chi connectivity index (χ1) is 10.00.